The molecule has 0 fully saturated rings. The quantitative estimate of drug-likeness (QED) is 0.491. The molecule has 19 heavy (non-hydrogen) atoms. The third-order valence-electron chi connectivity index (χ3n) is 2.50. The summed E-state index contributed by atoms with van der Waals surface area (Å²) in [7, 11) is 3.40. The minimum Gasteiger partial charge on any atom is -0.397 e. The molecule has 0 atom stereocenters. The van der Waals surface area contributed by atoms with Crippen molar-refractivity contribution in [3.05, 3.63) is 23.8 Å². The molecule has 0 heterocycles. The van der Waals surface area contributed by atoms with E-state index < -0.39 is 0 Å². The lowest BCUT2D eigenvalue weighted by atomic mass is 10.1. The highest BCUT2D eigenvalue weighted by Gasteiger charge is 2.09. The van der Waals surface area contributed by atoms with Gasteiger partial charge in [-0.2, -0.15) is 0 Å². The van der Waals surface area contributed by atoms with Gasteiger partial charge in [0.2, 0.25) is 0 Å². The molecule has 1 rings (SSSR count). The van der Waals surface area contributed by atoms with Crippen LogP contribution in [0, 0.1) is 0 Å². The molecule has 0 spiro atoms. The SMILES string of the molecule is CN(C)C(=O)c1ccc(NCCOCCO)c(N)c1. The fraction of sp³-hybridized carbons (Fsp3) is 0.462. The number of nitrogens with zero attached hydrogens (tertiary/aromatic N) is 1. The van der Waals surface area contributed by atoms with Crippen molar-refractivity contribution >= 4 is 17.3 Å². The summed E-state index contributed by atoms with van der Waals surface area (Å²) >= 11 is 0. The van der Waals surface area contributed by atoms with Gasteiger partial charge >= 0.3 is 0 Å². The van der Waals surface area contributed by atoms with E-state index in [9.17, 15) is 4.79 Å². The molecule has 6 heteroatoms. The zero-order valence-corrected chi connectivity index (χ0v) is 11.3. The lowest BCUT2D eigenvalue weighted by Crippen LogP contribution is -2.22. The van der Waals surface area contributed by atoms with Crippen LogP contribution in [0.2, 0.25) is 0 Å². The number of aliphatic hydroxyl groups is 1. The van der Waals surface area contributed by atoms with Gasteiger partial charge in [-0.15, -0.1) is 0 Å². The summed E-state index contributed by atoms with van der Waals surface area (Å²) in [5.41, 5.74) is 7.74. The van der Waals surface area contributed by atoms with Gasteiger partial charge in [-0.05, 0) is 18.2 Å². The third kappa shape index (κ3) is 4.76. The van der Waals surface area contributed by atoms with E-state index in [0.29, 0.717) is 31.0 Å². The van der Waals surface area contributed by atoms with Gasteiger partial charge in [0.05, 0.1) is 31.2 Å². The molecule has 0 bridgehead atoms. The Morgan fingerprint density at radius 3 is 2.74 bits per heavy atom. The summed E-state index contributed by atoms with van der Waals surface area (Å²) < 4.78 is 5.12. The molecule has 106 valence electrons. The average Bonchev–Trinajstić information content (AvgIpc) is 2.39. The number of anilines is 2. The maximum atomic E-state index is 11.7. The molecule has 0 radical (unpaired) electrons. The number of hydrogen-bond acceptors (Lipinski definition) is 5. The van der Waals surface area contributed by atoms with Gasteiger partial charge in [0.25, 0.3) is 5.91 Å². The molecule has 0 aromatic heterocycles. The van der Waals surface area contributed by atoms with Crippen molar-refractivity contribution in [2.75, 3.05) is 51.5 Å². The van der Waals surface area contributed by atoms with Gasteiger partial charge in [0.1, 0.15) is 0 Å². The first-order chi connectivity index (χ1) is 9.06. The number of aliphatic hydroxyl groups excluding tert-OH is 1. The van der Waals surface area contributed by atoms with Crippen molar-refractivity contribution in [1.82, 2.24) is 4.90 Å². The Morgan fingerprint density at radius 2 is 2.16 bits per heavy atom. The predicted molar refractivity (Wildman–Crippen MR) is 75.3 cm³/mol. The van der Waals surface area contributed by atoms with Gasteiger partial charge in [-0.3, -0.25) is 4.79 Å². The van der Waals surface area contributed by atoms with Crippen LogP contribution < -0.4 is 11.1 Å². The van der Waals surface area contributed by atoms with Crippen molar-refractivity contribution in [2.24, 2.45) is 0 Å². The second kappa shape index (κ2) is 7.60. The lowest BCUT2D eigenvalue weighted by molar-refractivity contribution is 0.0827. The number of carbonyl (C=O) groups is 1. The summed E-state index contributed by atoms with van der Waals surface area (Å²) in [6.45, 7) is 1.42. The molecule has 0 saturated carbocycles. The van der Waals surface area contributed by atoms with Crippen LogP contribution in [0.1, 0.15) is 10.4 Å². The van der Waals surface area contributed by atoms with Crippen molar-refractivity contribution in [3.8, 4) is 0 Å². The first kappa shape index (κ1) is 15.3. The highest BCUT2D eigenvalue weighted by molar-refractivity contribution is 5.95. The molecule has 1 amide bonds. The summed E-state index contributed by atoms with van der Waals surface area (Å²) in [6.07, 6.45) is 0. The van der Waals surface area contributed by atoms with Crippen LogP contribution in [-0.4, -0.2) is 56.4 Å². The van der Waals surface area contributed by atoms with E-state index in [1.54, 1.807) is 32.3 Å². The fourth-order valence-electron chi connectivity index (χ4n) is 1.54. The minimum atomic E-state index is -0.0791. The number of nitrogen functional groups attached to an aromatic ring is 1. The van der Waals surface area contributed by atoms with Gasteiger partial charge in [-0.25, -0.2) is 0 Å². The van der Waals surface area contributed by atoms with Crippen LogP contribution >= 0.6 is 0 Å². The van der Waals surface area contributed by atoms with Crippen LogP contribution in [0.15, 0.2) is 18.2 Å². The van der Waals surface area contributed by atoms with Crippen molar-refractivity contribution in [1.29, 1.82) is 0 Å². The molecular formula is C13H21N3O3. The van der Waals surface area contributed by atoms with E-state index in [1.165, 1.54) is 4.90 Å². The molecule has 1 aromatic rings. The summed E-state index contributed by atoms with van der Waals surface area (Å²) in [5, 5.41) is 11.7. The van der Waals surface area contributed by atoms with Crippen LogP contribution in [0.5, 0.6) is 0 Å². The third-order valence-corrected chi connectivity index (χ3v) is 2.50. The minimum absolute atomic E-state index is 0.0173. The van der Waals surface area contributed by atoms with Gasteiger partial charge < -0.3 is 25.8 Å². The second-order valence-electron chi connectivity index (χ2n) is 4.26. The van der Waals surface area contributed by atoms with E-state index in [0.717, 1.165) is 5.69 Å². The summed E-state index contributed by atoms with van der Waals surface area (Å²) in [4.78, 5) is 13.3. The Hall–Kier alpha value is -1.79. The first-order valence-electron chi connectivity index (χ1n) is 6.10. The number of rotatable bonds is 7. The normalized spacial score (nSPS) is 10.3. The first-order valence-corrected chi connectivity index (χ1v) is 6.10. The van der Waals surface area contributed by atoms with Gasteiger partial charge in [0, 0.05) is 26.2 Å². The van der Waals surface area contributed by atoms with Crippen LogP contribution in [0.3, 0.4) is 0 Å². The standard InChI is InChI=1S/C13H21N3O3/c1-16(2)13(18)10-3-4-12(11(14)9-10)15-5-7-19-8-6-17/h3-4,9,15,17H,5-8,14H2,1-2H3. The number of nitrogens with two attached hydrogens (primary N) is 1. The number of ether oxygens (including phenoxy) is 1. The van der Waals surface area contributed by atoms with Crippen molar-refractivity contribution in [2.45, 2.75) is 0 Å². The Morgan fingerprint density at radius 1 is 1.42 bits per heavy atom. The van der Waals surface area contributed by atoms with Crippen LogP contribution in [0.4, 0.5) is 11.4 Å². The maximum absolute atomic E-state index is 11.7. The number of nitrogens with one attached hydrogen (secondary N) is 1. The predicted octanol–water partition coefficient (Wildman–Crippen LogP) is 0.391. The maximum Gasteiger partial charge on any atom is 0.253 e. The number of amides is 1. The summed E-state index contributed by atoms with van der Waals surface area (Å²) in [5.74, 6) is -0.0791. The largest absolute Gasteiger partial charge is 0.397 e. The molecule has 6 nitrogen and oxygen atoms in total. The highest BCUT2D eigenvalue weighted by Crippen LogP contribution is 2.20. The number of hydrogen-bond donors (Lipinski definition) is 3. The molecule has 0 aliphatic heterocycles. The second-order valence-corrected chi connectivity index (χ2v) is 4.26. The van der Waals surface area contributed by atoms with Crippen molar-refractivity contribution in [3.63, 3.8) is 0 Å². The van der Waals surface area contributed by atoms with Crippen LogP contribution in [0.25, 0.3) is 0 Å². The zero-order valence-electron chi connectivity index (χ0n) is 11.3. The average molecular weight is 267 g/mol. The molecule has 0 aliphatic rings. The van der Waals surface area contributed by atoms with E-state index >= 15 is 0 Å². The molecule has 0 aliphatic carbocycles. The Kier molecular flexibility index (Phi) is 6.11. The van der Waals surface area contributed by atoms with Gasteiger partial charge in [-0.1, -0.05) is 0 Å². The Balaban J connectivity index is 2.55. The molecule has 0 unspecified atom stereocenters. The molecule has 1 aromatic carbocycles. The topological polar surface area (TPSA) is 87.8 Å². The van der Waals surface area contributed by atoms with E-state index in [-0.39, 0.29) is 12.5 Å². The monoisotopic (exact) mass is 267 g/mol. The molecular weight excluding hydrogens is 246 g/mol. The van der Waals surface area contributed by atoms with E-state index in [1.807, 2.05) is 0 Å². The fourth-order valence-corrected chi connectivity index (χ4v) is 1.54. The number of benzene rings is 1. The molecule has 0 saturated heterocycles. The number of carbonyl (C=O) groups excluding carboxylic acids is 1. The van der Waals surface area contributed by atoms with Gasteiger partial charge in [0.15, 0.2) is 0 Å². The lowest BCUT2D eigenvalue weighted by Gasteiger charge is -2.13. The highest BCUT2D eigenvalue weighted by atomic mass is 16.5. The Labute approximate surface area is 113 Å². The smallest absolute Gasteiger partial charge is 0.253 e. The zero-order chi connectivity index (χ0) is 14.3. The van der Waals surface area contributed by atoms with E-state index in [4.69, 9.17) is 15.6 Å². The summed E-state index contributed by atoms with van der Waals surface area (Å²) in [6, 6.07) is 5.16. The van der Waals surface area contributed by atoms with Crippen LogP contribution in [-0.2, 0) is 4.74 Å². The van der Waals surface area contributed by atoms with E-state index in [2.05, 4.69) is 5.32 Å². The molecule has 4 N–H and O–H groups in total. The van der Waals surface area contributed by atoms with Crippen molar-refractivity contribution < 1.29 is 14.6 Å². The Bertz CT molecular complexity index is 422.